The monoisotopic (exact) mass is 444 g/mol. The molecule has 1 heterocycles. The highest BCUT2D eigenvalue weighted by Gasteiger charge is 2.19. The summed E-state index contributed by atoms with van der Waals surface area (Å²) in [4.78, 5) is 12.4. The van der Waals surface area contributed by atoms with E-state index in [-0.39, 0.29) is 17.8 Å². The van der Waals surface area contributed by atoms with Crippen LogP contribution in [0.1, 0.15) is 35.5 Å². The van der Waals surface area contributed by atoms with Gasteiger partial charge in [-0.2, -0.15) is 0 Å². The van der Waals surface area contributed by atoms with Gasteiger partial charge in [0.2, 0.25) is 5.91 Å². The van der Waals surface area contributed by atoms with Crippen LogP contribution in [-0.2, 0) is 11.8 Å². The molecule has 3 rings (SSSR count). The van der Waals surface area contributed by atoms with E-state index < -0.39 is 0 Å². The minimum atomic E-state index is -0.305. The summed E-state index contributed by atoms with van der Waals surface area (Å²) in [6, 6.07) is 11.4. The number of benzene rings is 2. The van der Waals surface area contributed by atoms with Crippen molar-refractivity contribution in [3.63, 3.8) is 0 Å². The number of hydrogen-bond acceptors (Lipinski definition) is 5. The molecule has 0 spiro atoms. The van der Waals surface area contributed by atoms with Crippen LogP contribution in [0.25, 0.3) is 0 Å². The van der Waals surface area contributed by atoms with Gasteiger partial charge in [-0.25, -0.2) is 0 Å². The average Bonchev–Trinajstić information content (AvgIpc) is 3.05. The van der Waals surface area contributed by atoms with E-state index in [1.165, 1.54) is 11.8 Å². The number of carbonyl (C=O) groups is 1. The van der Waals surface area contributed by atoms with E-state index in [2.05, 4.69) is 15.5 Å². The second-order valence-electron chi connectivity index (χ2n) is 7.22. The maximum atomic E-state index is 12.4. The van der Waals surface area contributed by atoms with Gasteiger partial charge in [0.05, 0.1) is 5.75 Å². The Bertz CT molecular complexity index is 1070. The first-order chi connectivity index (χ1) is 14.2. The quantitative estimate of drug-likeness (QED) is 0.503. The molecule has 0 fully saturated rings. The van der Waals surface area contributed by atoms with Crippen LogP contribution in [0.4, 0.5) is 5.69 Å². The first-order valence-electron chi connectivity index (χ1n) is 9.56. The van der Waals surface area contributed by atoms with E-state index in [0.717, 1.165) is 28.1 Å². The van der Waals surface area contributed by atoms with Crippen molar-refractivity contribution in [1.29, 1.82) is 0 Å². The van der Waals surface area contributed by atoms with Gasteiger partial charge in [0, 0.05) is 17.8 Å². The highest BCUT2D eigenvalue weighted by molar-refractivity contribution is 7.99. The van der Waals surface area contributed by atoms with Crippen LogP contribution in [0.3, 0.4) is 0 Å². The Morgan fingerprint density at radius 3 is 2.63 bits per heavy atom. The summed E-state index contributed by atoms with van der Waals surface area (Å²) in [5, 5.41) is 12.7. The number of ether oxygens (including phenoxy) is 1. The van der Waals surface area contributed by atoms with Crippen molar-refractivity contribution in [2.75, 3.05) is 11.1 Å². The smallest absolute Gasteiger partial charge is 0.234 e. The second-order valence-corrected chi connectivity index (χ2v) is 8.60. The molecule has 1 aromatic heterocycles. The first-order valence-corrected chi connectivity index (χ1v) is 10.9. The SMILES string of the molecule is Cc1ccc(NC(=O)CSc2nnc(C(C)Oc3ccc(Cl)cc3C)n2C)c(C)c1. The third kappa shape index (κ3) is 5.34. The van der Waals surface area contributed by atoms with Gasteiger partial charge in [-0.05, 0) is 63.1 Å². The molecule has 158 valence electrons. The predicted octanol–water partition coefficient (Wildman–Crippen LogP) is 5.26. The molecule has 1 atom stereocenters. The molecule has 0 bridgehead atoms. The normalized spacial score (nSPS) is 11.9. The number of aryl methyl sites for hydroxylation is 3. The van der Waals surface area contributed by atoms with Crippen LogP contribution in [0.5, 0.6) is 5.75 Å². The molecule has 1 amide bonds. The molecule has 30 heavy (non-hydrogen) atoms. The van der Waals surface area contributed by atoms with Gasteiger partial charge in [0.25, 0.3) is 0 Å². The summed E-state index contributed by atoms with van der Waals surface area (Å²) >= 11 is 7.35. The molecule has 3 aromatic rings. The summed E-state index contributed by atoms with van der Waals surface area (Å²) in [6.07, 6.45) is -0.305. The van der Waals surface area contributed by atoms with Gasteiger partial charge in [-0.15, -0.1) is 10.2 Å². The number of nitrogens with one attached hydrogen (secondary N) is 1. The van der Waals surface area contributed by atoms with E-state index in [9.17, 15) is 4.79 Å². The first kappa shape index (κ1) is 22.2. The molecule has 0 aliphatic carbocycles. The number of nitrogens with zero attached hydrogens (tertiary/aromatic N) is 3. The molecular formula is C22H25ClN4O2S. The fourth-order valence-corrected chi connectivity index (χ4v) is 4.01. The van der Waals surface area contributed by atoms with E-state index in [0.29, 0.717) is 16.0 Å². The van der Waals surface area contributed by atoms with Crippen LogP contribution in [0, 0.1) is 20.8 Å². The van der Waals surface area contributed by atoms with Gasteiger partial charge in [0.15, 0.2) is 17.1 Å². The standard InChI is InChI=1S/C22H25ClN4O2S/c1-13-6-8-18(14(2)10-13)24-20(28)12-30-22-26-25-21(27(22)5)16(4)29-19-9-7-17(23)11-15(19)3/h6-11,16H,12H2,1-5H3,(H,24,28). The largest absolute Gasteiger partial charge is 0.482 e. The summed E-state index contributed by atoms with van der Waals surface area (Å²) in [7, 11) is 1.87. The van der Waals surface area contributed by atoms with Gasteiger partial charge >= 0.3 is 0 Å². The van der Waals surface area contributed by atoms with E-state index in [1.54, 1.807) is 6.07 Å². The molecule has 0 radical (unpaired) electrons. The Morgan fingerprint density at radius 2 is 1.93 bits per heavy atom. The van der Waals surface area contributed by atoms with Gasteiger partial charge in [-0.1, -0.05) is 41.1 Å². The molecule has 0 aliphatic rings. The summed E-state index contributed by atoms with van der Waals surface area (Å²) in [6.45, 7) is 7.87. The summed E-state index contributed by atoms with van der Waals surface area (Å²) in [5.74, 6) is 1.58. The topological polar surface area (TPSA) is 69.0 Å². The van der Waals surface area contributed by atoms with Crippen molar-refractivity contribution < 1.29 is 9.53 Å². The number of carbonyl (C=O) groups excluding carboxylic acids is 1. The Hall–Kier alpha value is -2.51. The molecule has 2 aromatic carbocycles. The predicted molar refractivity (Wildman–Crippen MR) is 122 cm³/mol. The maximum Gasteiger partial charge on any atom is 0.234 e. The van der Waals surface area contributed by atoms with Crippen molar-refractivity contribution in [3.8, 4) is 5.75 Å². The number of rotatable bonds is 7. The van der Waals surface area contributed by atoms with E-state index in [1.807, 2.05) is 69.6 Å². The minimum absolute atomic E-state index is 0.0856. The number of halogens is 1. The molecule has 0 aliphatic heterocycles. The highest BCUT2D eigenvalue weighted by Crippen LogP contribution is 2.28. The van der Waals surface area contributed by atoms with Crippen LogP contribution in [-0.4, -0.2) is 26.4 Å². The van der Waals surface area contributed by atoms with E-state index in [4.69, 9.17) is 16.3 Å². The third-order valence-electron chi connectivity index (χ3n) is 4.66. The van der Waals surface area contributed by atoms with Crippen molar-refractivity contribution >= 4 is 35.0 Å². The molecular weight excluding hydrogens is 420 g/mol. The number of amides is 1. The lowest BCUT2D eigenvalue weighted by molar-refractivity contribution is -0.113. The summed E-state index contributed by atoms with van der Waals surface area (Å²) in [5.41, 5.74) is 3.98. The van der Waals surface area contributed by atoms with Crippen molar-refractivity contribution in [1.82, 2.24) is 14.8 Å². The fraction of sp³-hybridized carbons (Fsp3) is 0.318. The van der Waals surface area contributed by atoms with Crippen LogP contribution < -0.4 is 10.1 Å². The number of anilines is 1. The maximum absolute atomic E-state index is 12.4. The average molecular weight is 445 g/mol. The molecule has 0 saturated carbocycles. The lowest BCUT2D eigenvalue weighted by atomic mass is 10.1. The van der Waals surface area contributed by atoms with Crippen molar-refractivity contribution in [2.24, 2.45) is 7.05 Å². The lowest BCUT2D eigenvalue weighted by Gasteiger charge is -2.16. The fourth-order valence-electron chi connectivity index (χ4n) is 3.06. The molecule has 1 N–H and O–H groups in total. The zero-order chi connectivity index (χ0) is 21.8. The minimum Gasteiger partial charge on any atom is -0.482 e. The number of hydrogen-bond donors (Lipinski definition) is 1. The van der Waals surface area contributed by atoms with E-state index >= 15 is 0 Å². The zero-order valence-electron chi connectivity index (χ0n) is 17.7. The molecule has 0 saturated heterocycles. The van der Waals surface area contributed by atoms with Crippen LogP contribution >= 0.6 is 23.4 Å². The Kier molecular flexibility index (Phi) is 7.05. The Balaban J connectivity index is 1.61. The van der Waals surface area contributed by atoms with Gasteiger partial charge in [-0.3, -0.25) is 4.79 Å². The highest BCUT2D eigenvalue weighted by atomic mass is 35.5. The Labute approximate surface area is 186 Å². The molecule has 6 nitrogen and oxygen atoms in total. The van der Waals surface area contributed by atoms with Crippen LogP contribution in [0.2, 0.25) is 5.02 Å². The van der Waals surface area contributed by atoms with Crippen LogP contribution in [0.15, 0.2) is 41.6 Å². The lowest BCUT2D eigenvalue weighted by Crippen LogP contribution is -2.15. The van der Waals surface area contributed by atoms with Crippen molar-refractivity contribution in [3.05, 3.63) is 63.9 Å². The summed E-state index contributed by atoms with van der Waals surface area (Å²) < 4.78 is 7.89. The van der Waals surface area contributed by atoms with Gasteiger partial charge < -0.3 is 14.6 Å². The van der Waals surface area contributed by atoms with Crippen molar-refractivity contribution in [2.45, 2.75) is 39.0 Å². The Morgan fingerprint density at radius 1 is 1.17 bits per heavy atom. The zero-order valence-corrected chi connectivity index (χ0v) is 19.3. The number of thioether (sulfide) groups is 1. The third-order valence-corrected chi connectivity index (χ3v) is 5.92. The second kappa shape index (κ2) is 9.53. The molecule has 1 unspecified atom stereocenters. The number of aromatic nitrogens is 3. The molecule has 8 heteroatoms. The van der Waals surface area contributed by atoms with Gasteiger partial charge in [0.1, 0.15) is 5.75 Å².